The molecule has 1 saturated heterocycles. The molecule has 102 valence electrons. The zero-order valence-electron chi connectivity index (χ0n) is 11.1. The maximum absolute atomic E-state index is 11.9. The van der Waals surface area contributed by atoms with Crippen molar-refractivity contribution >= 4 is 18.3 Å². The van der Waals surface area contributed by atoms with Crippen LogP contribution in [0.5, 0.6) is 0 Å². The van der Waals surface area contributed by atoms with Crippen LogP contribution in [0.15, 0.2) is 0 Å². The normalized spacial score (nSPS) is 19.9. The van der Waals surface area contributed by atoms with Crippen LogP contribution >= 0.6 is 12.4 Å². The number of ether oxygens (including phenoxy) is 1. The van der Waals surface area contributed by atoms with E-state index in [-0.39, 0.29) is 29.8 Å². The van der Waals surface area contributed by atoms with Crippen molar-refractivity contribution in [1.82, 2.24) is 4.90 Å². The maximum atomic E-state index is 11.9. The van der Waals surface area contributed by atoms with Crippen molar-refractivity contribution in [2.45, 2.75) is 39.2 Å². The predicted octanol–water partition coefficient (Wildman–Crippen LogP) is 1.42. The topological polar surface area (TPSA) is 55.6 Å². The molecule has 0 spiro atoms. The van der Waals surface area contributed by atoms with Crippen LogP contribution in [0.25, 0.3) is 0 Å². The van der Waals surface area contributed by atoms with Crippen molar-refractivity contribution in [3.05, 3.63) is 0 Å². The highest BCUT2D eigenvalue weighted by atomic mass is 35.5. The fourth-order valence-corrected chi connectivity index (χ4v) is 1.95. The van der Waals surface area contributed by atoms with Gasteiger partial charge < -0.3 is 15.4 Å². The third kappa shape index (κ3) is 5.70. The van der Waals surface area contributed by atoms with Gasteiger partial charge in [0.05, 0.1) is 12.5 Å². The summed E-state index contributed by atoms with van der Waals surface area (Å²) in [5.41, 5.74) is 5.64. The first-order valence-electron chi connectivity index (χ1n) is 6.00. The number of nitrogens with zero attached hydrogens (tertiary/aromatic N) is 1. The van der Waals surface area contributed by atoms with E-state index in [0.29, 0.717) is 19.5 Å². The summed E-state index contributed by atoms with van der Waals surface area (Å²) in [6.45, 7) is 6.24. The molecule has 0 aromatic heterocycles. The predicted molar refractivity (Wildman–Crippen MR) is 71.3 cm³/mol. The van der Waals surface area contributed by atoms with Gasteiger partial charge in [0, 0.05) is 20.2 Å². The van der Waals surface area contributed by atoms with Crippen LogP contribution in [0.3, 0.4) is 0 Å². The molecule has 1 amide bonds. The van der Waals surface area contributed by atoms with E-state index < -0.39 is 0 Å². The summed E-state index contributed by atoms with van der Waals surface area (Å²) in [5, 5.41) is 0. The Bertz CT molecular complexity index is 241. The second kappa shape index (κ2) is 7.19. The monoisotopic (exact) mass is 264 g/mol. The van der Waals surface area contributed by atoms with Gasteiger partial charge in [-0.3, -0.25) is 4.79 Å². The first kappa shape index (κ1) is 16.7. The number of carbonyl (C=O) groups excluding carboxylic acids is 1. The van der Waals surface area contributed by atoms with Crippen LogP contribution < -0.4 is 5.73 Å². The van der Waals surface area contributed by atoms with E-state index in [1.165, 1.54) is 0 Å². The van der Waals surface area contributed by atoms with Crippen molar-refractivity contribution in [3.63, 3.8) is 0 Å². The summed E-state index contributed by atoms with van der Waals surface area (Å²) < 4.78 is 5.46. The number of amides is 1. The maximum Gasteiger partial charge on any atom is 0.224 e. The molecule has 1 aliphatic rings. The summed E-state index contributed by atoms with van der Waals surface area (Å²) in [6.07, 6.45) is 2.74. The number of carbonyl (C=O) groups is 1. The van der Waals surface area contributed by atoms with Crippen LogP contribution in [-0.4, -0.2) is 43.7 Å². The average molecular weight is 265 g/mol. The molecule has 17 heavy (non-hydrogen) atoms. The van der Waals surface area contributed by atoms with Gasteiger partial charge in [-0.15, -0.1) is 12.4 Å². The molecule has 1 heterocycles. The largest absolute Gasteiger partial charge is 0.378 e. The molecule has 4 nitrogen and oxygen atoms in total. The summed E-state index contributed by atoms with van der Waals surface area (Å²) in [5.74, 6) is 0.161. The van der Waals surface area contributed by atoms with Crippen molar-refractivity contribution < 1.29 is 9.53 Å². The molecule has 1 atom stereocenters. The first-order valence-corrected chi connectivity index (χ1v) is 6.00. The minimum atomic E-state index is -0.0130. The Kier molecular flexibility index (Phi) is 7.05. The number of hydrogen-bond donors (Lipinski definition) is 1. The molecule has 0 aliphatic carbocycles. The van der Waals surface area contributed by atoms with Gasteiger partial charge in [0.15, 0.2) is 0 Å². The Balaban J connectivity index is 0.00000256. The Morgan fingerprint density at radius 2 is 2.18 bits per heavy atom. The molecule has 0 aromatic carbocycles. The molecule has 0 radical (unpaired) electrons. The van der Waals surface area contributed by atoms with Gasteiger partial charge >= 0.3 is 0 Å². The third-order valence-electron chi connectivity index (χ3n) is 3.07. The SMILES string of the molecule is CN(CC(C)(C)CN)C(=O)CC1CCCO1.Cl. The fourth-order valence-electron chi connectivity index (χ4n) is 1.95. The van der Waals surface area contributed by atoms with Gasteiger partial charge in [-0.2, -0.15) is 0 Å². The quantitative estimate of drug-likeness (QED) is 0.817. The number of hydrogen-bond acceptors (Lipinski definition) is 3. The van der Waals surface area contributed by atoms with E-state index in [4.69, 9.17) is 10.5 Å². The van der Waals surface area contributed by atoms with Crippen LogP contribution in [0.4, 0.5) is 0 Å². The molecule has 5 heteroatoms. The lowest BCUT2D eigenvalue weighted by Gasteiger charge is -2.29. The molecule has 0 bridgehead atoms. The number of halogens is 1. The Hall–Kier alpha value is -0.320. The Morgan fingerprint density at radius 1 is 1.53 bits per heavy atom. The summed E-state index contributed by atoms with van der Waals surface area (Å²) in [4.78, 5) is 13.7. The number of rotatable bonds is 5. The first-order chi connectivity index (χ1) is 7.44. The van der Waals surface area contributed by atoms with E-state index in [1.807, 2.05) is 7.05 Å². The Labute approximate surface area is 110 Å². The number of nitrogens with two attached hydrogens (primary N) is 1. The van der Waals surface area contributed by atoms with Gasteiger partial charge in [0.1, 0.15) is 0 Å². The smallest absolute Gasteiger partial charge is 0.224 e. The van der Waals surface area contributed by atoms with Gasteiger partial charge in [-0.1, -0.05) is 13.8 Å². The lowest BCUT2D eigenvalue weighted by Crippen LogP contribution is -2.40. The summed E-state index contributed by atoms with van der Waals surface area (Å²) in [6, 6.07) is 0. The van der Waals surface area contributed by atoms with Crippen molar-refractivity contribution in [1.29, 1.82) is 0 Å². The van der Waals surface area contributed by atoms with Crippen LogP contribution in [0.1, 0.15) is 33.1 Å². The summed E-state index contributed by atoms with van der Waals surface area (Å²) >= 11 is 0. The highest BCUT2D eigenvalue weighted by Gasteiger charge is 2.24. The van der Waals surface area contributed by atoms with E-state index in [2.05, 4.69) is 13.8 Å². The highest BCUT2D eigenvalue weighted by molar-refractivity contribution is 5.85. The molecule has 1 fully saturated rings. The van der Waals surface area contributed by atoms with Gasteiger partial charge in [0.25, 0.3) is 0 Å². The van der Waals surface area contributed by atoms with Crippen LogP contribution in [0.2, 0.25) is 0 Å². The van der Waals surface area contributed by atoms with Crippen LogP contribution in [0, 0.1) is 5.41 Å². The standard InChI is InChI=1S/C12H24N2O2.ClH/c1-12(2,8-13)9-14(3)11(15)7-10-5-4-6-16-10;/h10H,4-9,13H2,1-3H3;1H. The van der Waals surface area contributed by atoms with Crippen molar-refractivity contribution in [2.75, 3.05) is 26.7 Å². The third-order valence-corrected chi connectivity index (χ3v) is 3.07. The second-order valence-corrected chi connectivity index (χ2v) is 5.46. The zero-order valence-corrected chi connectivity index (χ0v) is 11.9. The average Bonchev–Trinajstić information content (AvgIpc) is 2.69. The molecule has 1 rings (SSSR count). The molecule has 2 N–H and O–H groups in total. The molecular weight excluding hydrogens is 240 g/mol. The lowest BCUT2D eigenvalue weighted by atomic mass is 9.93. The Morgan fingerprint density at radius 3 is 2.65 bits per heavy atom. The second-order valence-electron chi connectivity index (χ2n) is 5.46. The van der Waals surface area contributed by atoms with Gasteiger partial charge in [-0.05, 0) is 24.8 Å². The van der Waals surface area contributed by atoms with E-state index in [9.17, 15) is 4.79 Å². The minimum absolute atomic E-state index is 0. The van der Waals surface area contributed by atoms with E-state index in [1.54, 1.807) is 4.90 Å². The molecule has 1 unspecified atom stereocenters. The van der Waals surface area contributed by atoms with Crippen molar-refractivity contribution in [3.8, 4) is 0 Å². The van der Waals surface area contributed by atoms with Gasteiger partial charge in [0.2, 0.25) is 5.91 Å². The van der Waals surface area contributed by atoms with E-state index in [0.717, 1.165) is 19.4 Å². The molecule has 1 aliphatic heterocycles. The summed E-state index contributed by atoms with van der Waals surface area (Å²) in [7, 11) is 1.84. The van der Waals surface area contributed by atoms with Gasteiger partial charge in [-0.25, -0.2) is 0 Å². The highest BCUT2D eigenvalue weighted by Crippen LogP contribution is 2.18. The molecule has 0 saturated carbocycles. The van der Waals surface area contributed by atoms with Crippen LogP contribution in [-0.2, 0) is 9.53 Å². The molecular formula is C12H25ClN2O2. The minimum Gasteiger partial charge on any atom is -0.378 e. The zero-order chi connectivity index (χ0) is 12.2. The fraction of sp³-hybridized carbons (Fsp3) is 0.917. The lowest BCUT2D eigenvalue weighted by molar-refractivity contribution is -0.133. The van der Waals surface area contributed by atoms with E-state index >= 15 is 0 Å². The van der Waals surface area contributed by atoms with Crippen molar-refractivity contribution in [2.24, 2.45) is 11.1 Å². The molecule has 0 aromatic rings.